The first-order valence-electron chi connectivity index (χ1n) is 6.55. The zero-order valence-corrected chi connectivity index (χ0v) is 11.8. The lowest BCUT2D eigenvalue weighted by molar-refractivity contribution is 0.0942. The van der Waals surface area contributed by atoms with Crippen LogP contribution in [-0.4, -0.2) is 18.9 Å². The largest absolute Gasteiger partial charge is 0.355 e. The van der Waals surface area contributed by atoms with Gasteiger partial charge in [-0.15, -0.1) is 0 Å². The van der Waals surface area contributed by atoms with Gasteiger partial charge >= 0.3 is 0 Å². The molecule has 114 valence electrons. The van der Waals surface area contributed by atoms with Gasteiger partial charge in [-0.25, -0.2) is 8.78 Å². The van der Waals surface area contributed by atoms with Crippen molar-refractivity contribution in [3.05, 3.63) is 70.8 Å². The zero-order valence-electron chi connectivity index (χ0n) is 11.8. The van der Waals surface area contributed by atoms with Crippen molar-refractivity contribution in [1.82, 2.24) is 10.6 Å². The fraction of sp³-hybridized carbons (Fsp3) is 0.125. The molecule has 0 atom stereocenters. The highest BCUT2D eigenvalue weighted by molar-refractivity contribution is 5.95. The molecule has 0 aliphatic rings. The quantitative estimate of drug-likeness (QED) is 0.910. The highest BCUT2D eigenvalue weighted by Gasteiger charge is 2.12. The van der Waals surface area contributed by atoms with Gasteiger partial charge in [0.05, 0.1) is 5.56 Å². The van der Waals surface area contributed by atoms with Crippen molar-refractivity contribution in [3.63, 3.8) is 0 Å². The lowest BCUT2D eigenvalue weighted by Gasteiger charge is -2.07. The van der Waals surface area contributed by atoms with Crippen LogP contribution in [0.1, 0.15) is 26.3 Å². The smallest absolute Gasteiger partial charge is 0.254 e. The van der Waals surface area contributed by atoms with E-state index in [4.69, 9.17) is 0 Å². The Kier molecular flexibility index (Phi) is 4.83. The second-order valence-electron chi connectivity index (χ2n) is 4.58. The van der Waals surface area contributed by atoms with Gasteiger partial charge in [0, 0.05) is 25.2 Å². The lowest BCUT2D eigenvalue weighted by atomic mass is 10.1. The average Bonchev–Trinajstić information content (AvgIpc) is 2.52. The lowest BCUT2D eigenvalue weighted by Crippen LogP contribution is -2.24. The molecule has 0 heterocycles. The second kappa shape index (κ2) is 6.80. The Morgan fingerprint density at radius 3 is 2.27 bits per heavy atom. The maximum Gasteiger partial charge on any atom is 0.254 e. The Labute approximate surface area is 126 Å². The molecule has 22 heavy (non-hydrogen) atoms. The molecule has 2 N–H and O–H groups in total. The number of hydrogen-bond acceptors (Lipinski definition) is 2. The Bertz CT molecular complexity index is 700. The fourth-order valence-electron chi connectivity index (χ4n) is 1.87. The fourth-order valence-corrected chi connectivity index (χ4v) is 1.87. The average molecular weight is 304 g/mol. The summed E-state index contributed by atoms with van der Waals surface area (Å²) in [5.41, 5.74) is 1.04. The van der Waals surface area contributed by atoms with Gasteiger partial charge in [-0.3, -0.25) is 9.59 Å². The molecule has 6 heteroatoms. The monoisotopic (exact) mass is 304 g/mol. The van der Waals surface area contributed by atoms with Crippen molar-refractivity contribution in [3.8, 4) is 0 Å². The summed E-state index contributed by atoms with van der Waals surface area (Å²) < 4.78 is 26.3. The molecule has 0 unspecified atom stereocenters. The minimum absolute atomic E-state index is 0.170. The van der Waals surface area contributed by atoms with Crippen molar-refractivity contribution in [1.29, 1.82) is 0 Å². The summed E-state index contributed by atoms with van der Waals surface area (Å²) in [6, 6.07) is 9.40. The Morgan fingerprint density at radius 1 is 1.00 bits per heavy atom. The molecule has 0 bridgehead atoms. The number of benzene rings is 2. The normalized spacial score (nSPS) is 10.1. The minimum Gasteiger partial charge on any atom is -0.355 e. The van der Waals surface area contributed by atoms with E-state index < -0.39 is 17.5 Å². The van der Waals surface area contributed by atoms with Gasteiger partial charge in [-0.2, -0.15) is 0 Å². The standard InChI is InChI=1S/C16H14F2N2O2/c1-19-15(21)11-4-2-10(3-5-11)9-20-16(22)13-7-6-12(17)8-14(13)18/h2-8H,9H2,1H3,(H,19,21)(H,20,22). The first-order chi connectivity index (χ1) is 10.5. The Hall–Kier alpha value is -2.76. The number of amides is 2. The first-order valence-corrected chi connectivity index (χ1v) is 6.55. The van der Waals surface area contributed by atoms with Crippen LogP contribution in [0.4, 0.5) is 8.78 Å². The topological polar surface area (TPSA) is 58.2 Å². The van der Waals surface area contributed by atoms with Crippen LogP contribution in [0.2, 0.25) is 0 Å². The van der Waals surface area contributed by atoms with E-state index in [1.54, 1.807) is 24.3 Å². The maximum atomic E-state index is 13.5. The van der Waals surface area contributed by atoms with Gasteiger partial charge in [0.15, 0.2) is 0 Å². The molecule has 2 amide bonds. The predicted octanol–water partition coefficient (Wildman–Crippen LogP) is 2.25. The van der Waals surface area contributed by atoms with Crippen molar-refractivity contribution in [2.24, 2.45) is 0 Å². The van der Waals surface area contributed by atoms with E-state index >= 15 is 0 Å². The van der Waals surface area contributed by atoms with Gasteiger partial charge in [-0.1, -0.05) is 12.1 Å². The van der Waals surface area contributed by atoms with Gasteiger partial charge in [0.1, 0.15) is 11.6 Å². The molecule has 0 aromatic heterocycles. The number of hydrogen-bond donors (Lipinski definition) is 2. The van der Waals surface area contributed by atoms with Crippen molar-refractivity contribution in [2.75, 3.05) is 7.05 Å². The summed E-state index contributed by atoms with van der Waals surface area (Å²) in [6.07, 6.45) is 0. The zero-order chi connectivity index (χ0) is 16.1. The number of rotatable bonds is 4. The molecule has 2 rings (SSSR count). The Morgan fingerprint density at radius 2 is 1.68 bits per heavy atom. The van der Waals surface area contributed by atoms with E-state index in [9.17, 15) is 18.4 Å². The molecule has 0 spiro atoms. The highest BCUT2D eigenvalue weighted by atomic mass is 19.1. The third kappa shape index (κ3) is 3.66. The molecule has 0 saturated carbocycles. The predicted molar refractivity (Wildman–Crippen MR) is 77.4 cm³/mol. The number of carbonyl (C=O) groups is 2. The van der Waals surface area contributed by atoms with E-state index in [2.05, 4.69) is 10.6 Å². The molecular weight excluding hydrogens is 290 g/mol. The van der Waals surface area contributed by atoms with Crippen molar-refractivity contribution in [2.45, 2.75) is 6.54 Å². The minimum atomic E-state index is -0.910. The van der Waals surface area contributed by atoms with Crippen LogP contribution in [0.25, 0.3) is 0 Å². The van der Waals surface area contributed by atoms with Crippen LogP contribution in [0.3, 0.4) is 0 Å². The maximum absolute atomic E-state index is 13.5. The van der Waals surface area contributed by atoms with Crippen molar-refractivity contribution >= 4 is 11.8 Å². The number of carbonyl (C=O) groups excluding carboxylic acids is 2. The molecule has 0 aliphatic heterocycles. The van der Waals surface area contributed by atoms with Gasteiger partial charge in [0.2, 0.25) is 0 Å². The van der Waals surface area contributed by atoms with E-state index in [0.717, 1.165) is 17.7 Å². The van der Waals surface area contributed by atoms with E-state index in [-0.39, 0.29) is 18.0 Å². The molecule has 0 aliphatic carbocycles. The summed E-state index contributed by atoms with van der Waals surface area (Å²) >= 11 is 0. The molecular formula is C16H14F2N2O2. The SMILES string of the molecule is CNC(=O)c1ccc(CNC(=O)c2ccc(F)cc2F)cc1. The first kappa shape index (κ1) is 15.6. The van der Waals surface area contributed by atoms with Crippen LogP contribution in [-0.2, 0) is 6.54 Å². The highest BCUT2D eigenvalue weighted by Crippen LogP contribution is 2.10. The van der Waals surface area contributed by atoms with E-state index in [1.165, 1.54) is 7.05 Å². The molecule has 0 saturated heterocycles. The van der Waals surface area contributed by atoms with Crippen LogP contribution in [0.15, 0.2) is 42.5 Å². The third-order valence-electron chi connectivity index (χ3n) is 3.07. The summed E-state index contributed by atoms with van der Waals surface area (Å²) in [4.78, 5) is 23.2. The molecule has 0 fully saturated rings. The summed E-state index contributed by atoms with van der Waals surface area (Å²) in [5, 5.41) is 5.04. The van der Waals surface area contributed by atoms with Crippen LogP contribution in [0.5, 0.6) is 0 Å². The van der Waals surface area contributed by atoms with Gasteiger partial charge < -0.3 is 10.6 Å². The summed E-state index contributed by atoms with van der Waals surface area (Å²) in [5.74, 6) is -2.48. The number of nitrogens with one attached hydrogen (secondary N) is 2. The van der Waals surface area contributed by atoms with E-state index in [1.807, 2.05) is 0 Å². The third-order valence-corrected chi connectivity index (χ3v) is 3.07. The molecule has 2 aromatic carbocycles. The summed E-state index contributed by atoms with van der Waals surface area (Å²) in [6.45, 7) is 0.170. The van der Waals surface area contributed by atoms with Crippen molar-refractivity contribution < 1.29 is 18.4 Å². The van der Waals surface area contributed by atoms with Crippen LogP contribution < -0.4 is 10.6 Å². The molecule has 0 radical (unpaired) electrons. The number of halogens is 2. The van der Waals surface area contributed by atoms with Crippen LogP contribution >= 0.6 is 0 Å². The van der Waals surface area contributed by atoms with Crippen LogP contribution in [0, 0.1) is 11.6 Å². The molecule has 2 aromatic rings. The van der Waals surface area contributed by atoms with Gasteiger partial charge in [-0.05, 0) is 29.8 Å². The summed E-state index contributed by atoms with van der Waals surface area (Å²) in [7, 11) is 1.54. The second-order valence-corrected chi connectivity index (χ2v) is 4.58. The molecule has 4 nitrogen and oxygen atoms in total. The van der Waals surface area contributed by atoms with E-state index in [0.29, 0.717) is 11.6 Å². The van der Waals surface area contributed by atoms with Gasteiger partial charge in [0.25, 0.3) is 11.8 Å². The Balaban J connectivity index is 2.00.